The first-order valence-electron chi connectivity index (χ1n) is 28.2. The molecule has 1 saturated heterocycles. The maximum absolute atomic E-state index is 14.5. The minimum atomic E-state index is -2.94. The van der Waals surface area contributed by atoms with Crippen LogP contribution in [0.2, 0.25) is 5.04 Å². The van der Waals surface area contributed by atoms with E-state index in [-0.39, 0.29) is 48.2 Å². The summed E-state index contributed by atoms with van der Waals surface area (Å²) in [6.07, 6.45) is -0.0548. The fourth-order valence-corrected chi connectivity index (χ4v) is 18.5. The highest BCUT2D eigenvalue weighted by Gasteiger charge is 2.51. The molecule has 0 radical (unpaired) electrons. The third-order valence-electron chi connectivity index (χ3n) is 15.1. The molecule has 0 saturated carbocycles. The van der Waals surface area contributed by atoms with E-state index in [1.807, 2.05) is 97.1 Å². The van der Waals surface area contributed by atoms with Crippen molar-refractivity contribution in [1.29, 1.82) is 0 Å². The van der Waals surface area contributed by atoms with Gasteiger partial charge in [0, 0.05) is 42.3 Å². The van der Waals surface area contributed by atoms with Gasteiger partial charge in [-0.2, -0.15) is 4.98 Å². The van der Waals surface area contributed by atoms with Gasteiger partial charge in [0.1, 0.15) is 35.2 Å². The van der Waals surface area contributed by atoms with E-state index in [2.05, 4.69) is 156 Å². The molecule has 1 aliphatic rings. The predicted molar refractivity (Wildman–Crippen MR) is 328 cm³/mol. The van der Waals surface area contributed by atoms with Crippen LogP contribution < -0.4 is 30.9 Å². The fourth-order valence-electron chi connectivity index (χ4n) is 11.4. The third kappa shape index (κ3) is 13.3. The maximum Gasteiger partial charge on any atom is 0.351 e. The van der Waals surface area contributed by atoms with Crippen LogP contribution >= 0.6 is 8.45 Å². The van der Waals surface area contributed by atoms with Gasteiger partial charge >= 0.3 is 5.69 Å². The Morgan fingerprint density at radius 3 is 1.60 bits per heavy atom. The molecule has 81 heavy (non-hydrogen) atoms. The van der Waals surface area contributed by atoms with Crippen LogP contribution in [0.3, 0.4) is 0 Å². The van der Waals surface area contributed by atoms with E-state index in [1.165, 1.54) is 4.57 Å². The largest absolute Gasteiger partial charge is 0.497 e. The van der Waals surface area contributed by atoms with Gasteiger partial charge in [-0.1, -0.05) is 154 Å². The van der Waals surface area contributed by atoms with Crippen LogP contribution in [0.4, 0.5) is 5.82 Å². The van der Waals surface area contributed by atoms with Crippen molar-refractivity contribution in [2.45, 2.75) is 142 Å². The number of carbonyl (C=O) groups is 1. The Bertz CT molecular complexity index is 3050. The van der Waals surface area contributed by atoms with Crippen molar-refractivity contribution in [1.82, 2.24) is 18.9 Å². The lowest BCUT2D eigenvalue weighted by Crippen LogP contribution is -2.66. The summed E-state index contributed by atoms with van der Waals surface area (Å²) >= 11 is 0. The number of nitrogens with one attached hydrogen (secondary N) is 1. The number of nitrogens with zero attached hydrogens (tertiary/aromatic N) is 4. The molecule has 2 heterocycles. The summed E-state index contributed by atoms with van der Waals surface area (Å²) in [6.45, 7) is 24.6. The quantitative estimate of drug-likeness (QED) is 0.0353. The normalized spacial score (nSPS) is 16.1. The Hall–Kier alpha value is -6.32. The topological polar surface area (TPSA) is 126 Å². The summed E-state index contributed by atoms with van der Waals surface area (Å²) < 4.78 is 47.1. The van der Waals surface area contributed by atoms with E-state index >= 15 is 0 Å². The molecule has 3 atom stereocenters. The molecule has 428 valence electrons. The number of anilines is 1. The lowest BCUT2D eigenvalue weighted by molar-refractivity contribution is -0.0921. The summed E-state index contributed by atoms with van der Waals surface area (Å²) in [5, 5.41) is 4.96. The Kier molecular flexibility index (Phi) is 20.0. The van der Waals surface area contributed by atoms with Crippen molar-refractivity contribution >= 4 is 38.9 Å². The van der Waals surface area contributed by atoms with E-state index in [0.29, 0.717) is 29.0 Å². The molecule has 13 nitrogen and oxygen atoms in total. The van der Waals surface area contributed by atoms with Crippen molar-refractivity contribution in [2.75, 3.05) is 26.1 Å². The van der Waals surface area contributed by atoms with Gasteiger partial charge in [0.2, 0.25) is 0 Å². The molecule has 1 aromatic heterocycles. The number of carbonyl (C=O) groups excluding carboxylic acids is 1. The number of aromatic nitrogens is 2. The lowest BCUT2D eigenvalue weighted by Gasteiger charge is -2.47. The molecule has 0 spiro atoms. The first-order chi connectivity index (χ1) is 38.8. The van der Waals surface area contributed by atoms with Gasteiger partial charge in [-0.3, -0.25) is 9.36 Å². The highest BCUT2D eigenvalue weighted by atomic mass is 31.2. The summed E-state index contributed by atoms with van der Waals surface area (Å²) in [5.41, 5.74) is 2.05. The van der Waals surface area contributed by atoms with Gasteiger partial charge < -0.3 is 33.2 Å². The van der Waals surface area contributed by atoms with Crippen LogP contribution in [0.15, 0.2) is 181 Å². The van der Waals surface area contributed by atoms with Crippen LogP contribution in [0.25, 0.3) is 0 Å². The smallest absolute Gasteiger partial charge is 0.351 e. The zero-order chi connectivity index (χ0) is 58.1. The first kappa shape index (κ1) is 60.8. The molecule has 8 rings (SSSR count). The minimum Gasteiger partial charge on any atom is -0.497 e. The Labute approximate surface area is 482 Å². The van der Waals surface area contributed by atoms with E-state index in [0.717, 1.165) is 27.1 Å². The number of rotatable bonds is 24. The van der Waals surface area contributed by atoms with Crippen LogP contribution in [0.5, 0.6) is 11.5 Å². The van der Waals surface area contributed by atoms with Gasteiger partial charge in [-0.25, -0.2) is 14.1 Å². The van der Waals surface area contributed by atoms with Crippen LogP contribution in [-0.4, -0.2) is 90.3 Å². The van der Waals surface area contributed by atoms with Crippen molar-refractivity contribution in [3.8, 4) is 11.5 Å². The maximum atomic E-state index is 14.5. The number of ether oxygens (including phenoxy) is 4. The van der Waals surface area contributed by atoms with Crippen LogP contribution in [0, 0.1) is 0 Å². The molecule has 6 aromatic carbocycles. The molecule has 15 heteroatoms. The lowest BCUT2D eigenvalue weighted by atomic mass is 9.80. The number of amides is 1. The molecule has 1 amide bonds. The first-order valence-corrected chi connectivity index (χ1v) is 31.3. The number of methoxy groups -OCH3 is 2. The second-order valence-corrected chi connectivity index (χ2v) is 28.7. The van der Waals surface area contributed by atoms with Crippen molar-refractivity contribution in [2.24, 2.45) is 0 Å². The highest BCUT2D eigenvalue weighted by Crippen LogP contribution is 2.54. The average Bonchev–Trinajstić information content (AvgIpc) is 3.87. The van der Waals surface area contributed by atoms with Crippen molar-refractivity contribution in [3.63, 3.8) is 0 Å². The number of hydrogen-bond acceptors (Lipinski definition) is 11. The highest BCUT2D eigenvalue weighted by molar-refractivity contribution is 7.47. The molecule has 0 bridgehead atoms. The second kappa shape index (κ2) is 26.7. The third-order valence-corrected chi connectivity index (χ3v) is 23.1. The zero-order valence-electron chi connectivity index (χ0n) is 49.4. The minimum absolute atomic E-state index is 0.0690. The van der Waals surface area contributed by atoms with Crippen LogP contribution in [0.1, 0.15) is 121 Å². The van der Waals surface area contributed by atoms with E-state index in [4.69, 9.17) is 27.9 Å². The van der Waals surface area contributed by atoms with Gasteiger partial charge in [0.25, 0.3) is 14.2 Å². The summed E-state index contributed by atoms with van der Waals surface area (Å²) in [6, 6.07) is 56.6. The molecular weight excluding hydrogens is 1050 g/mol. The Morgan fingerprint density at radius 1 is 0.667 bits per heavy atom. The summed E-state index contributed by atoms with van der Waals surface area (Å²) in [7, 11) is -1.03. The van der Waals surface area contributed by atoms with Crippen LogP contribution in [-0.2, 0) is 30.6 Å². The average molecular weight is 1130 g/mol. The second-order valence-electron chi connectivity index (χ2n) is 22.8. The predicted octanol–water partition coefficient (Wildman–Crippen LogP) is 12.7. The molecule has 0 unspecified atom stereocenters. The van der Waals surface area contributed by atoms with Crippen molar-refractivity contribution < 1.29 is 32.7 Å². The zero-order valence-corrected chi connectivity index (χ0v) is 51.3. The number of benzene rings is 6. The molecular formula is C66H82N5O8PSi. The van der Waals surface area contributed by atoms with Crippen molar-refractivity contribution in [3.05, 3.63) is 214 Å². The molecule has 0 aliphatic carbocycles. The van der Waals surface area contributed by atoms with E-state index < -0.39 is 52.4 Å². The Morgan fingerprint density at radius 2 is 1.14 bits per heavy atom. The van der Waals surface area contributed by atoms with Gasteiger partial charge in [0.15, 0.2) is 8.45 Å². The van der Waals surface area contributed by atoms with Gasteiger partial charge in [-0.05, 0) is 129 Å². The Balaban J connectivity index is 1.13. The van der Waals surface area contributed by atoms with E-state index in [9.17, 15) is 9.59 Å². The number of hydrogen-bond donors (Lipinski definition) is 1. The molecule has 7 aromatic rings. The summed E-state index contributed by atoms with van der Waals surface area (Å²) in [4.78, 5) is 33.3. The monoisotopic (exact) mass is 1130 g/mol. The fraction of sp³-hybridized carbons (Fsp3) is 0.379. The molecule has 1 fully saturated rings. The van der Waals surface area contributed by atoms with E-state index in [1.54, 1.807) is 32.5 Å². The SMILES string of the molecule is COc1ccc(C(OC[C@H]2O[C@@H](n3ccc(NC(=O)c4ccccc4CO[Si](c4ccccc4)(c4ccccc4)C(C)(C)C)nc3=O)C[C@@H]2OP(N(C(C)C)C(C)C)N(C(C)C)C(C)C)(c2ccccc2)c2ccc(OC)cc2)cc1. The van der Waals surface area contributed by atoms with Gasteiger partial charge in [-0.15, -0.1) is 0 Å². The molecule has 1 N–H and O–H groups in total. The van der Waals surface area contributed by atoms with Gasteiger partial charge in [0.05, 0.1) is 33.5 Å². The molecule has 1 aliphatic heterocycles. The standard InChI is InChI=1S/C66H82N5O8PSi/c1-46(2)70(47(3)4)80(71(48(5)6)49(7)8)79-59-43-62(78-60(59)45-76-66(51-26-17-14-18-27-51,52-33-37-54(74-12)38-34-52)53-35-39-55(75-13)40-36-53)69-42-41-61(68-64(69)73)67-63(72)58-32-24-23-25-50(58)44-77-81(65(9,10)11,56-28-19-15-20-29-56)57-30-21-16-22-31-57/h14-42,46-49,59-60,62H,43-45H2,1-13H3,(H,67,68,72,73)/t59-,60+,62+/m0/s1. The summed E-state index contributed by atoms with van der Waals surface area (Å²) in [5.74, 6) is 1.13.